The van der Waals surface area contributed by atoms with Crippen LogP contribution in [0.25, 0.3) is 16.9 Å². The van der Waals surface area contributed by atoms with E-state index in [0.29, 0.717) is 23.2 Å². The number of halogens is 1. The number of aldehydes is 1. The van der Waals surface area contributed by atoms with E-state index in [-0.39, 0.29) is 16.4 Å². The van der Waals surface area contributed by atoms with E-state index >= 15 is 0 Å². The molecule has 0 saturated carbocycles. The summed E-state index contributed by atoms with van der Waals surface area (Å²) in [5.74, 6) is 0. The van der Waals surface area contributed by atoms with E-state index in [1.54, 1.807) is 12.1 Å². The van der Waals surface area contributed by atoms with Crippen LogP contribution in [0.2, 0.25) is 5.15 Å². The second-order valence-corrected chi connectivity index (χ2v) is 5.08. The van der Waals surface area contributed by atoms with Gasteiger partial charge < -0.3 is 0 Å². The lowest BCUT2D eigenvalue weighted by atomic mass is 10.1. The van der Waals surface area contributed by atoms with Crippen molar-refractivity contribution in [1.29, 1.82) is 0 Å². The highest BCUT2D eigenvalue weighted by molar-refractivity contribution is 6.32. The molecule has 0 bridgehead atoms. The summed E-state index contributed by atoms with van der Waals surface area (Å²) in [6.45, 7) is 0. The van der Waals surface area contributed by atoms with Crippen molar-refractivity contribution < 1.29 is 9.72 Å². The Kier molecular flexibility index (Phi) is 3.91. The molecule has 0 unspecified atom stereocenters. The number of para-hydroxylation sites is 1. The minimum atomic E-state index is -0.486. The fraction of sp³-hybridized carbons (Fsp3) is 0. The maximum atomic E-state index is 11.4. The Morgan fingerprint density at radius 3 is 2.30 bits per heavy atom. The minimum absolute atomic E-state index is 0.0324. The Hall–Kier alpha value is -2.99. The van der Waals surface area contributed by atoms with Crippen molar-refractivity contribution in [2.75, 3.05) is 0 Å². The van der Waals surface area contributed by atoms with Crippen LogP contribution in [-0.2, 0) is 0 Å². The lowest BCUT2D eigenvalue weighted by Crippen LogP contribution is -1.96. The number of benzene rings is 2. The summed E-state index contributed by atoms with van der Waals surface area (Å²) in [6, 6.07) is 15.0. The molecule has 23 heavy (non-hydrogen) atoms. The molecule has 7 heteroatoms. The van der Waals surface area contributed by atoms with Crippen molar-refractivity contribution in [3.8, 4) is 16.9 Å². The summed E-state index contributed by atoms with van der Waals surface area (Å²) in [7, 11) is 0. The van der Waals surface area contributed by atoms with Gasteiger partial charge in [-0.1, -0.05) is 29.8 Å². The van der Waals surface area contributed by atoms with Crippen molar-refractivity contribution >= 4 is 23.6 Å². The number of nitrogens with zero attached hydrogens (tertiary/aromatic N) is 3. The Morgan fingerprint density at radius 1 is 1.09 bits per heavy atom. The zero-order valence-corrected chi connectivity index (χ0v) is 12.5. The number of rotatable bonds is 4. The third-order valence-electron chi connectivity index (χ3n) is 3.33. The molecule has 0 aliphatic heterocycles. The Bertz CT molecular complexity index is 874. The van der Waals surface area contributed by atoms with E-state index < -0.39 is 4.92 Å². The van der Waals surface area contributed by atoms with Gasteiger partial charge in [-0.2, -0.15) is 5.10 Å². The number of carbonyl (C=O) groups is 1. The van der Waals surface area contributed by atoms with Gasteiger partial charge in [0.2, 0.25) is 0 Å². The van der Waals surface area contributed by atoms with Gasteiger partial charge in [-0.25, -0.2) is 4.68 Å². The van der Waals surface area contributed by atoms with Crippen LogP contribution in [0.1, 0.15) is 10.4 Å². The highest BCUT2D eigenvalue weighted by Gasteiger charge is 2.19. The molecule has 0 aliphatic rings. The van der Waals surface area contributed by atoms with Crippen LogP contribution in [0.5, 0.6) is 0 Å². The predicted molar refractivity (Wildman–Crippen MR) is 86.1 cm³/mol. The average Bonchev–Trinajstić information content (AvgIpc) is 2.92. The van der Waals surface area contributed by atoms with Crippen molar-refractivity contribution in [2.45, 2.75) is 0 Å². The van der Waals surface area contributed by atoms with E-state index in [0.717, 1.165) is 0 Å². The van der Waals surface area contributed by atoms with Crippen LogP contribution in [0.4, 0.5) is 5.69 Å². The summed E-state index contributed by atoms with van der Waals surface area (Å²) < 4.78 is 1.46. The Labute approximate surface area is 136 Å². The van der Waals surface area contributed by atoms with Crippen molar-refractivity contribution in [3.05, 3.63) is 75.4 Å². The van der Waals surface area contributed by atoms with Crippen molar-refractivity contribution in [3.63, 3.8) is 0 Å². The van der Waals surface area contributed by atoms with Gasteiger partial charge in [-0.15, -0.1) is 0 Å². The van der Waals surface area contributed by atoms with Gasteiger partial charge in [0, 0.05) is 17.7 Å². The van der Waals surface area contributed by atoms with E-state index in [4.69, 9.17) is 11.6 Å². The predicted octanol–water partition coefficient (Wildman–Crippen LogP) is 3.91. The minimum Gasteiger partial charge on any atom is -0.298 e. The maximum absolute atomic E-state index is 11.4. The molecule has 0 saturated heterocycles. The lowest BCUT2D eigenvalue weighted by molar-refractivity contribution is -0.384. The van der Waals surface area contributed by atoms with Gasteiger partial charge >= 0.3 is 0 Å². The molecule has 3 aromatic rings. The van der Waals surface area contributed by atoms with E-state index in [2.05, 4.69) is 5.10 Å². The fourth-order valence-corrected chi connectivity index (χ4v) is 2.48. The van der Waals surface area contributed by atoms with Crippen LogP contribution in [0, 0.1) is 10.1 Å². The topological polar surface area (TPSA) is 78.0 Å². The van der Waals surface area contributed by atoms with Crippen molar-refractivity contribution in [2.24, 2.45) is 0 Å². The number of carbonyl (C=O) groups excluding carboxylic acids is 1. The molecule has 0 N–H and O–H groups in total. The molecule has 6 nitrogen and oxygen atoms in total. The van der Waals surface area contributed by atoms with Crippen LogP contribution in [0.3, 0.4) is 0 Å². The van der Waals surface area contributed by atoms with Gasteiger partial charge in [-0.05, 0) is 24.3 Å². The molecule has 0 spiro atoms. The largest absolute Gasteiger partial charge is 0.298 e. The van der Waals surface area contributed by atoms with Crippen LogP contribution < -0.4 is 0 Å². The zero-order chi connectivity index (χ0) is 16.4. The van der Waals surface area contributed by atoms with Gasteiger partial charge in [0.25, 0.3) is 5.69 Å². The molecule has 0 fully saturated rings. The molecule has 0 amide bonds. The second-order valence-electron chi connectivity index (χ2n) is 4.72. The summed E-state index contributed by atoms with van der Waals surface area (Å²) in [5, 5.41) is 15.3. The maximum Gasteiger partial charge on any atom is 0.269 e. The van der Waals surface area contributed by atoms with E-state index in [1.807, 2.05) is 30.3 Å². The van der Waals surface area contributed by atoms with Crippen LogP contribution in [0.15, 0.2) is 54.6 Å². The van der Waals surface area contributed by atoms with Crippen LogP contribution >= 0.6 is 11.6 Å². The Balaban J connectivity index is 2.13. The molecule has 3 rings (SSSR count). The molecule has 2 aromatic carbocycles. The molecule has 1 aromatic heterocycles. The average molecular weight is 328 g/mol. The lowest BCUT2D eigenvalue weighted by Gasteiger charge is -2.01. The normalized spacial score (nSPS) is 10.5. The second kappa shape index (κ2) is 6.02. The molecular weight excluding hydrogens is 318 g/mol. The summed E-state index contributed by atoms with van der Waals surface area (Å²) in [4.78, 5) is 21.6. The van der Waals surface area contributed by atoms with E-state index in [1.165, 1.54) is 16.8 Å². The monoisotopic (exact) mass is 327 g/mol. The Morgan fingerprint density at radius 2 is 1.74 bits per heavy atom. The number of nitro benzene ring substituents is 1. The van der Waals surface area contributed by atoms with Gasteiger partial charge in [0.15, 0.2) is 6.29 Å². The van der Waals surface area contributed by atoms with Gasteiger partial charge in [0.05, 0.1) is 16.2 Å². The first-order valence-electron chi connectivity index (χ1n) is 6.65. The van der Waals surface area contributed by atoms with Gasteiger partial charge in [0.1, 0.15) is 10.8 Å². The smallest absolute Gasteiger partial charge is 0.269 e. The first-order chi connectivity index (χ1) is 11.1. The fourth-order valence-electron chi connectivity index (χ4n) is 2.21. The number of hydrogen-bond donors (Lipinski definition) is 0. The highest BCUT2D eigenvalue weighted by atomic mass is 35.5. The van der Waals surface area contributed by atoms with Crippen LogP contribution in [-0.4, -0.2) is 21.0 Å². The van der Waals surface area contributed by atoms with E-state index in [9.17, 15) is 14.9 Å². The number of non-ortho nitro benzene ring substituents is 1. The quantitative estimate of drug-likeness (QED) is 0.413. The number of nitro groups is 1. The zero-order valence-electron chi connectivity index (χ0n) is 11.7. The summed E-state index contributed by atoms with van der Waals surface area (Å²) >= 11 is 6.26. The van der Waals surface area contributed by atoms with Crippen molar-refractivity contribution in [1.82, 2.24) is 9.78 Å². The standard InChI is InChI=1S/C16H10ClN3O3/c17-16-14(10-21)15(11-6-8-13(9-7-11)20(22)23)18-19(16)12-4-2-1-3-5-12/h1-10H. The molecule has 0 atom stereocenters. The summed E-state index contributed by atoms with van der Waals surface area (Å²) in [6.07, 6.45) is 0.630. The molecule has 0 aliphatic carbocycles. The number of hydrogen-bond acceptors (Lipinski definition) is 4. The van der Waals surface area contributed by atoms with Gasteiger partial charge in [-0.3, -0.25) is 14.9 Å². The SMILES string of the molecule is O=Cc1c(-c2ccc([N+](=O)[O-])cc2)nn(-c2ccccc2)c1Cl. The first kappa shape index (κ1) is 14.9. The molecule has 1 heterocycles. The summed E-state index contributed by atoms with van der Waals surface area (Å²) in [5.41, 5.74) is 1.88. The third kappa shape index (κ3) is 2.72. The molecular formula is C16H10ClN3O3. The third-order valence-corrected chi connectivity index (χ3v) is 3.70. The molecule has 0 radical (unpaired) electrons. The highest BCUT2D eigenvalue weighted by Crippen LogP contribution is 2.30. The molecule has 114 valence electrons. The first-order valence-corrected chi connectivity index (χ1v) is 7.03. The number of aromatic nitrogens is 2.